The largest absolute Gasteiger partial charge is 0.455 e. The van der Waals surface area contributed by atoms with Crippen molar-refractivity contribution >= 4 is 87.5 Å². The Morgan fingerprint density at radius 2 is 0.500 bits per heavy atom. The van der Waals surface area contributed by atoms with E-state index in [-0.39, 0.29) is 0 Å². The van der Waals surface area contributed by atoms with Crippen molar-refractivity contribution in [1.29, 1.82) is 0 Å². The summed E-state index contributed by atoms with van der Waals surface area (Å²) in [6, 6.07) is 105. The summed E-state index contributed by atoms with van der Waals surface area (Å²) < 4.78 is 18.3. The van der Waals surface area contributed by atoms with Crippen molar-refractivity contribution in [2.45, 2.75) is 0 Å². The van der Waals surface area contributed by atoms with E-state index in [2.05, 4.69) is 167 Å². The van der Waals surface area contributed by atoms with E-state index in [1.54, 1.807) is 0 Å². The standard InChI is InChI=1S/C84H50N8O2/c1-5-22-51(23-6-1)79-85-80(52-24-7-2-8-25-52)88-83(87-79)59-45-57(47-61(49-59)91-69-36-17-13-34-67(69)75-71(91)42-40-65-63-32-15-19-38-73(63)93-77(65)75)55-30-21-31-56(44-55)58-46-60(84-89-81(53-26-9-3-10-27-53)86-82(90-84)54-28-11-4-12-29-54)50-62(48-58)92-70-37-18-14-35-68(70)76-72(92)43-41-66-64-33-16-20-39-74(64)94-78(66)76/h1-50H. The smallest absolute Gasteiger partial charge is 0.164 e. The molecule has 0 atom stereocenters. The van der Waals surface area contributed by atoms with Gasteiger partial charge in [-0.1, -0.05) is 212 Å². The van der Waals surface area contributed by atoms with Gasteiger partial charge in [-0.2, -0.15) is 0 Å². The molecule has 0 radical (unpaired) electrons. The Morgan fingerprint density at radius 3 is 0.883 bits per heavy atom. The van der Waals surface area contributed by atoms with Crippen LogP contribution >= 0.6 is 0 Å². The van der Waals surface area contributed by atoms with Gasteiger partial charge in [0.05, 0.1) is 32.8 Å². The predicted octanol–water partition coefficient (Wildman–Crippen LogP) is 21.4. The van der Waals surface area contributed by atoms with E-state index >= 15 is 0 Å². The third-order valence-electron chi connectivity index (χ3n) is 18.2. The highest BCUT2D eigenvalue weighted by atomic mass is 16.3. The zero-order valence-electron chi connectivity index (χ0n) is 50.3. The van der Waals surface area contributed by atoms with E-state index in [4.69, 9.17) is 38.7 Å². The quantitative estimate of drug-likeness (QED) is 0.133. The molecule has 0 saturated carbocycles. The fourth-order valence-electron chi connectivity index (χ4n) is 13.9. The third kappa shape index (κ3) is 8.72. The fourth-order valence-corrected chi connectivity index (χ4v) is 13.9. The maximum Gasteiger partial charge on any atom is 0.164 e. The average Bonchev–Trinajstić information content (AvgIpc) is 1.57. The molecule has 13 aromatic carbocycles. The van der Waals surface area contributed by atoms with Crippen molar-refractivity contribution in [3.8, 4) is 102 Å². The first-order chi connectivity index (χ1) is 46.6. The normalized spacial score (nSPS) is 11.8. The van der Waals surface area contributed by atoms with Crippen LogP contribution in [0.3, 0.4) is 0 Å². The van der Waals surface area contributed by atoms with Gasteiger partial charge in [0.2, 0.25) is 0 Å². The molecule has 0 spiro atoms. The molecule has 0 aliphatic heterocycles. The molecule has 0 unspecified atom stereocenters. The number of nitrogens with zero attached hydrogens (tertiary/aromatic N) is 8. The van der Waals surface area contributed by atoms with Gasteiger partial charge in [-0.15, -0.1) is 0 Å². The molecular weight excluding hydrogens is 1150 g/mol. The second-order valence-corrected chi connectivity index (χ2v) is 23.8. The van der Waals surface area contributed by atoms with Gasteiger partial charge in [-0.25, -0.2) is 29.9 Å². The maximum absolute atomic E-state index is 6.81. The van der Waals surface area contributed by atoms with E-state index in [0.717, 1.165) is 154 Å². The second-order valence-electron chi connectivity index (χ2n) is 23.8. The van der Waals surface area contributed by atoms with Gasteiger partial charge in [0, 0.05) is 77.1 Å². The molecule has 94 heavy (non-hydrogen) atoms. The first kappa shape index (κ1) is 53.0. The van der Waals surface area contributed by atoms with Crippen molar-refractivity contribution in [1.82, 2.24) is 39.0 Å². The molecule has 19 aromatic rings. The molecule has 0 fully saturated rings. The lowest BCUT2D eigenvalue weighted by Crippen LogP contribution is -2.02. The minimum Gasteiger partial charge on any atom is -0.455 e. The van der Waals surface area contributed by atoms with Gasteiger partial charge in [0.1, 0.15) is 22.3 Å². The molecule has 0 bridgehead atoms. The Balaban J connectivity index is 0.855. The van der Waals surface area contributed by atoms with Crippen molar-refractivity contribution in [3.05, 3.63) is 303 Å². The molecule has 0 aliphatic rings. The molecule has 10 heteroatoms. The van der Waals surface area contributed by atoms with Crippen LogP contribution in [0.4, 0.5) is 0 Å². The summed E-state index contributed by atoms with van der Waals surface area (Å²) in [6.45, 7) is 0. The summed E-state index contributed by atoms with van der Waals surface area (Å²) in [6.07, 6.45) is 0. The van der Waals surface area contributed by atoms with Gasteiger partial charge in [-0.05, 0) is 113 Å². The van der Waals surface area contributed by atoms with Crippen molar-refractivity contribution < 1.29 is 8.83 Å². The van der Waals surface area contributed by atoms with E-state index in [1.165, 1.54) is 0 Å². The van der Waals surface area contributed by atoms with E-state index in [1.807, 2.05) is 146 Å². The molecule has 6 heterocycles. The van der Waals surface area contributed by atoms with Crippen LogP contribution in [0.15, 0.2) is 312 Å². The van der Waals surface area contributed by atoms with Crippen LogP contribution in [0.1, 0.15) is 0 Å². The van der Waals surface area contributed by atoms with Crippen LogP contribution in [-0.4, -0.2) is 39.0 Å². The van der Waals surface area contributed by atoms with Crippen LogP contribution in [0.25, 0.3) is 189 Å². The summed E-state index contributed by atoms with van der Waals surface area (Å²) in [7, 11) is 0. The minimum absolute atomic E-state index is 0.540. The minimum atomic E-state index is 0.540. The van der Waals surface area contributed by atoms with E-state index < -0.39 is 0 Å². The van der Waals surface area contributed by atoms with E-state index in [9.17, 15) is 0 Å². The zero-order chi connectivity index (χ0) is 61.8. The van der Waals surface area contributed by atoms with Gasteiger partial charge in [0.15, 0.2) is 34.9 Å². The van der Waals surface area contributed by atoms with Gasteiger partial charge in [0.25, 0.3) is 0 Å². The van der Waals surface area contributed by atoms with Crippen LogP contribution in [0, 0.1) is 0 Å². The number of aromatic nitrogens is 8. The Bertz CT molecular complexity index is 5740. The summed E-state index contributed by atoms with van der Waals surface area (Å²) in [5, 5.41) is 8.56. The highest BCUT2D eigenvalue weighted by Crippen LogP contribution is 2.45. The summed E-state index contributed by atoms with van der Waals surface area (Å²) in [5.74, 6) is 3.39. The number of rotatable bonds is 10. The number of hydrogen-bond acceptors (Lipinski definition) is 8. The maximum atomic E-state index is 6.81. The van der Waals surface area contributed by atoms with Crippen LogP contribution in [-0.2, 0) is 0 Å². The molecule has 10 nitrogen and oxygen atoms in total. The first-order valence-electron chi connectivity index (χ1n) is 31.4. The Hall–Kier alpha value is -12.9. The number of para-hydroxylation sites is 4. The fraction of sp³-hybridized carbons (Fsp3) is 0. The Kier molecular flexibility index (Phi) is 12.0. The monoisotopic (exact) mass is 1200 g/mol. The molecule has 0 saturated heterocycles. The molecule has 6 aromatic heterocycles. The molecule has 0 amide bonds. The second kappa shape index (κ2) is 21.4. The highest BCUT2D eigenvalue weighted by Gasteiger charge is 2.24. The van der Waals surface area contributed by atoms with Gasteiger partial charge in [-0.3, -0.25) is 0 Å². The third-order valence-corrected chi connectivity index (χ3v) is 18.2. The topological polar surface area (TPSA) is 113 Å². The average molecular weight is 1200 g/mol. The lowest BCUT2D eigenvalue weighted by atomic mass is 9.95. The Morgan fingerprint density at radius 1 is 0.202 bits per heavy atom. The Labute approximate surface area is 537 Å². The van der Waals surface area contributed by atoms with Crippen molar-refractivity contribution in [2.24, 2.45) is 0 Å². The van der Waals surface area contributed by atoms with Gasteiger partial charge < -0.3 is 18.0 Å². The highest BCUT2D eigenvalue weighted by molar-refractivity contribution is 6.25. The number of benzene rings is 13. The van der Waals surface area contributed by atoms with Crippen LogP contribution in [0.5, 0.6) is 0 Å². The molecule has 19 rings (SSSR count). The molecule has 0 aliphatic carbocycles. The molecule has 0 N–H and O–H groups in total. The zero-order valence-corrected chi connectivity index (χ0v) is 50.3. The lowest BCUT2D eigenvalue weighted by Gasteiger charge is -2.16. The lowest BCUT2D eigenvalue weighted by molar-refractivity contribution is 0.672. The summed E-state index contributed by atoms with van der Waals surface area (Å²) >= 11 is 0. The number of furan rings is 2. The van der Waals surface area contributed by atoms with Crippen molar-refractivity contribution in [3.63, 3.8) is 0 Å². The molecule has 438 valence electrons. The SMILES string of the molecule is c1ccc(-c2nc(-c3ccccc3)nc(-c3cc(-c4cccc(-c5cc(-c6nc(-c7ccccc7)nc(-c7ccccc7)n6)cc(-n6c7ccccc7c7c8oc9ccccc9c8ccc76)c5)c4)cc(-n4c5ccccc5c5c6oc7ccccc7c6ccc54)c3)n2)cc1. The van der Waals surface area contributed by atoms with Crippen LogP contribution < -0.4 is 0 Å². The van der Waals surface area contributed by atoms with Gasteiger partial charge >= 0.3 is 0 Å². The summed E-state index contributed by atoms with van der Waals surface area (Å²) in [5.41, 5.74) is 18.4. The first-order valence-corrected chi connectivity index (χ1v) is 31.4. The predicted molar refractivity (Wildman–Crippen MR) is 380 cm³/mol. The number of hydrogen-bond donors (Lipinski definition) is 0. The van der Waals surface area contributed by atoms with Crippen molar-refractivity contribution in [2.75, 3.05) is 0 Å². The summed E-state index contributed by atoms with van der Waals surface area (Å²) in [4.78, 5) is 31.6. The molecular formula is C84H50N8O2. The van der Waals surface area contributed by atoms with Crippen LogP contribution in [0.2, 0.25) is 0 Å². The number of fused-ring (bicyclic) bond motifs is 14. The van der Waals surface area contributed by atoms with E-state index in [0.29, 0.717) is 34.9 Å².